The molecule has 0 fully saturated rings. The van der Waals surface area contributed by atoms with E-state index < -0.39 is 5.97 Å². The van der Waals surface area contributed by atoms with Crippen LogP contribution in [0.1, 0.15) is 60.7 Å². The van der Waals surface area contributed by atoms with Gasteiger partial charge >= 0.3 is 5.97 Å². The Bertz CT molecular complexity index is 4520. The van der Waals surface area contributed by atoms with Gasteiger partial charge in [0.2, 0.25) is 5.95 Å². The minimum atomic E-state index is -0.393. The number of rotatable bonds is 6. The number of esters is 1. The molecule has 0 amide bonds. The van der Waals surface area contributed by atoms with Crippen molar-refractivity contribution in [3.63, 3.8) is 0 Å². The summed E-state index contributed by atoms with van der Waals surface area (Å²) in [6.45, 7) is 0. The largest absolute Gasteiger partial charge is 0.465 e. The Morgan fingerprint density at radius 2 is 1.02 bits per heavy atom. The Morgan fingerprint density at radius 3 is 1.56 bits per heavy atom. The Morgan fingerprint density at radius 1 is 0.552 bits per heavy atom. The van der Waals surface area contributed by atoms with Gasteiger partial charge in [0.1, 0.15) is 42.3 Å². The molecule has 14 rings (SSSR count). The van der Waals surface area contributed by atoms with Crippen molar-refractivity contribution in [1.82, 2.24) is 9.97 Å². The zero-order chi connectivity index (χ0) is 61.3. The van der Waals surface area contributed by atoms with Crippen LogP contribution < -0.4 is 33.8 Å². The lowest BCUT2D eigenvalue weighted by atomic mass is 10.1. The quantitative estimate of drug-likeness (QED) is 0.0848. The Labute approximate surface area is 535 Å². The van der Waals surface area contributed by atoms with Crippen LogP contribution >= 0.6 is 88.5 Å². The van der Waals surface area contributed by atoms with E-state index in [0.29, 0.717) is 55.0 Å². The Balaban J connectivity index is 0.000000120. The molecule has 3 aliphatic heterocycles. The average Bonchev–Trinajstić information content (AvgIpc) is 2.01. The number of ether oxygens (including phenoxy) is 1. The zero-order valence-electron chi connectivity index (χ0n) is 46.1. The number of Topliss-reactive ketones (excluding diaryl/α,β-unsaturated/α-hetero) is 3. The average molecular weight is 1380 g/mol. The van der Waals surface area contributed by atoms with Crippen molar-refractivity contribution >= 4 is 166 Å². The summed E-state index contributed by atoms with van der Waals surface area (Å²) >= 11 is 14.4. The molecule has 87 heavy (non-hydrogen) atoms. The molecule has 0 bridgehead atoms. The smallest absolute Gasteiger partial charge is 0.340 e. The van der Waals surface area contributed by atoms with Gasteiger partial charge in [-0.3, -0.25) is 29.2 Å². The number of amidine groups is 3. The van der Waals surface area contributed by atoms with Crippen molar-refractivity contribution in [3.05, 3.63) is 211 Å². The highest BCUT2D eigenvalue weighted by Crippen LogP contribution is 2.47. The maximum Gasteiger partial charge on any atom is 0.340 e. The maximum atomic E-state index is 12.0. The second kappa shape index (κ2) is 27.7. The highest BCUT2D eigenvalue weighted by Gasteiger charge is 2.28. The lowest BCUT2D eigenvalue weighted by molar-refractivity contribution is 0.0602. The van der Waals surface area contributed by atoms with Crippen molar-refractivity contribution in [2.75, 3.05) is 30.9 Å². The molecular weight excluding hydrogens is 1320 g/mol. The number of aromatic amines is 1. The number of nitrogen functional groups attached to an aromatic ring is 2. The first-order valence-corrected chi connectivity index (χ1v) is 32.0. The van der Waals surface area contributed by atoms with Crippen molar-refractivity contribution in [3.8, 4) is 52.2 Å². The number of ketones is 3. The number of fused-ring (bicyclic) bond motifs is 4. The first kappa shape index (κ1) is 61.3. The van der Waals surface area contributed by atoms with Gasteiger partial charge in [-0.15, -0.1) is 56.7 Å². The Kier molecular flexibility index (Phi) is 19.5. The molecule has 0 unspecified atom stereocenters. The number of thiophene rings is 5. The third-order valence-electron chi connectivity index (χ3n) is 13.1. The van der Waals surface area contributed by atoms with E-state index in [-0.39, 0.29) is 41.7 Å². The van der Waals surface area contributed by atoms with Crippen LogP contribution in [0.2, 0.25) is 0 Å². The van der Waals surface area contributed by atoms with E-state index in [2.05, 4.69) is 79.0 Å². The molecule has 11 aromatic rings. The molecule has 0 spiro atoms. The number of hydrogen-bond acceptors (Lipinski definition) is 19. The summed E-state index contributed by atoms with van der Waals surface area (Å²) in [5.74, 6) is 1.52. The monoisotopic (exact) mass is 1370 g/mol. The van der Waals surface area contributed by atoms with E-state index in [4.69, 9.17) is 22.9 Å². The SMILES string of the molecule is CN=C1CC(=O)c2cc(-c3ccccc3)sc2N1.COC(=O)c1cc(-c2ccccc2)sc1N.NC1=Nc2sc(-c3ccccc3)c(Br)c2C(=O)C1.NC1=Nc2sc(-c3ccccc3)cc2C(=O)C1.Nc1nc2sc(-c3ccccc3)c(Br)c2c(=O)[nH]1. The number of carbonyl (C=O) groups is 4. The second-order valence-electron chi connectivity index (χ2n) is 19.0. The number of methoxy groups -OCH3 is 1. The molecule has 23 heteroatoms. The number of H-pyrrole nitrogens is 1. The van der Waals surface area contributed by atoms with Gasteiger partial charge in [0, 0.05) is 26.2 Å². The molecule has 10 N–H and O–H groups in total. The fourth-order valence-electron chi connectivity index (χ4n) is 8.94. The summed E-state index contributed by atoms with van der Waals surface area (Å²) in [6, 6.07) is 55.3. The number of benzene rings is 5. The summed E-state index contributed by atoms with van der Waals surface area (Å²) in [6.07, 6.45) is 0.809. The minimum Gasteiger partial charge on any atom is -0.465 e. The topological polar surface area (TPSA) is 276 Å². The summed E-state index contributed by atoms with van der Waals surface area (Å²) in [5, 5.41) is 6.60. The number of nitrogens with two attached hydrogens (primary N) is 4. The molecule has 9 heterocycles. The molecule has 5 aromatic carbocycles. The van der Waals surface area contributed by atoms with Gasteiger partial charge in [-0.25, -0.2) is 19.8 Å². The number of nitrogens with one attached hydrogen (secondary N) is 2. The van der Waals surface area contributed by atoms with E-state index in [1.165, 1.54) is 52.5 Å². The molecule has 0 radical (unpaired) electrons. The van der Waals surface area contributed by atoms with Crippen LogP contribution in [-0.2, 0) is 4.74 Å². The van der Waals surface area contributed by atoms with Gasteiger partial charge in [0.25, 0.3) is 5.56 Å². The fraction of sp³-hybridized carbons (Fsp3) is 0.0781. The van der Waals surface area contributed by atoms with E-state index >= 15 is 0 Å². The summed E-state index contributed by atoms with van der Waals surface area (Å²) in [4.78, 5) is 84.0. The van der Waals surface area contributed by atoms with Gasteiger partial charge in [0.05, 0.1) is 68.2 Å². The van der Waals surface area contributed by atoms with Crippen molar-refractivity contribution in [2.45, 2.75) is 19.3 Å². The standard InChI is InChI=1S/C14H12N2OS.C13H9BrN2OS.C13H10N2OS.C12H8BrN3OS.C12H11NO2S/c1-15-13-8-11(17)10-7-12(18-14(10)16-13)9-5-3-2-4-6-9;14-11-10-8(17)6-9(15)16-13(10)18-12(11)7-4-2-1-3-5-7;14-12-7-10(16)9-6-11(17-13(9)15-12)8-4-2-1-3-5-8;13-8-7-10(17)15-12(14)16-11(7)18-9(8)6-4-2-1-3-5-6;1-15-12(14)9-7-10(16-11(9)13)8-5-3-2-4-6-8/h2-7H,8H2,1H3,(H,15,16);1-5H,6H2,(H2,15,16);1-6H,7H2,(H2,14,15);1-5H,(H3,14,15,16,17);2-7H,13H2,1H3. The maximum absolute atomic E-state index is 12.0. The van der Waals surface area contributed by atoms with Crippen LogP contribution in [-0.4, -0.2) is 65.0 Å². The van der Waals surface area contributed by atoms with Crippen LogP contribution in [0, 0.1) is 0 Å². The third-order valence-corrected chi connectivity index (χ3v) is 20.7. The molecule has 436 valence electrons. The van der Waals surface area contributed by atoms with Crippen LogP contribution in [0.5, 0.6) is 0 Å². The first-order valence-electron chi connectivity index (χ1n) is 26.4. The molecule has 3 aliphatic rings. The van der Waals surface area contributed by atoms with Gasteiger partial charge < -0.3 is 33.0 Å². The van der Waals surface area contributed by atoms with Crippen molar-refractivity contribution < 1.29 is 23.9 Å². The molecule has 0 aliphatic carbocycles. The number of anilines is 3. The zero-order valence-corrected chi connectivity index (χ0v) is 53.4. The molecular formula is C64H50Br2N10O6S5. The summed E-state index contributed by atoms with van der Waals surface area (Å²) in [7, 11) is 3.05. The minimum absolute atomic E-state index is 0.0304. The first-order chi connectivity index (χ1) is 42.1. The van der Waals surface area contributed by atoms with E-state index in [1.807, 2.05) is 152 Å². The van der Waals surface area contributed by atoms with Crippen LogP contribution in [0.3, 0.4) is 0 Å². The molecule has 6 aromatic heterocycles. The van der Waals surface area contributed by atoms with Gasteiger partial charge in [-0.1, -0.05) is 152 Å². The van der Waals surface area contributed by atoms with E-state index in [9.17, 15) is 24.0 Å². The second-order valence-corrected chi connectivity index (χ2v) is 25.7. The van der Waals surface area contributed by atoms with Crippen molar-refractivity contribution in [1.29, 1.82) is 0 Å². The predicted molar refractivity (Wildman–Crippen MR) is 367 cm³/mol. The third kappa shape index (κ3) is 14.2. The molecule has 0 atom stereocenters. The van der Waals surface area contributed by atoms with Crippen LogP contribution in [0.4, 0.5) is 26.0 Å². The van der Waals surface area contributed by atoms with Crippen LogP contribution in [0.15, 0.2) is 199 Å². The highest BCUT2D eigenvalue weighted by atomic mass is 79.9. The number of aliphatic imine (C=N–C) groups is 3. The van der Waals surface area contributed by atoms with E-state index in [1.54, 1.807) is 24.5 Å². The summed E-state index contributed by atoms with van der Waals surface area (Å²) in [5.41, 5.74) is 30.4. The number of hydrogen-bond donors (Lipinski definition) is 6. The normalized spacial score (nSPS) is 13.3. The van der Waals surface area contributed by atoms with E-state index in [0.717, 1.165) is 82.5 Å². The number of halogens is 2. The van der Waals surface area contributed by atoms with Gasteiger partial charge in [0.15, 0.2) is 17.3 Å². The molecule has 0 saturated heterocycles. The Hall–Kier alpha value is -8.81. The predicted octanol–water partition coefficient (Wildman–Crippen LogP) is 16.0. The number of carbonyl (C=O) groups excluding carboxylic acids is 4. The highest BCUT2D eigenvalue weighted by molar-refractivity contribution is 9.11. The summed E-state index contributed by atoms with van der Waals surface area (Å²) < 4.78 is 6.25. The fourth-order valence-corrected chi connectivity index (χ4v) is 16.2. The molecule has 0 saturated carbocycles. The van der Waals surface area contributed by atoms with Gasteiger partial charge in [-0.05, 0) is 77.9 Å². The van der Waals surface area contributed by atoms with Crippen LogP contribution in [0.25, 0.3) is 62.4 Å². The molecule has 16 nitrogen and oxygen atoms in total. The van der Waals surface area contributed by atoms with Crippen molar-refractivity contribution in [2.24, 2.45) is 26.4 Å². The number of nitrogens with zero attached hydrogens (tertiary/aromatic N) is 4. The number of aromatic nitrogens is 2. The lowest BCUT2D eigenvalue weighted by Gasteiger charge is -2.13. The lowest BCUT2D eigenvalue weighted by Crippen LogP contribution is -2.22. The van der Waals surface area contributed by atoms with Gasteiger partial charge in [-0.2, -0.15) is 0 Å².